The largest absolute Gasteiger partial charge is 0.496 e. The zero-order valence-electron chi connectivity index (χ0n) is 17.3. The van der Waals surface area contributed by atoms with Crippen molar-refractivity contribution in [3.8, 4) is 5.75 Å². The summed E-state index contributed by atoms with van der Waals surface area (Å²) in [4.78, 5) is 26.6. The third-order valence-corrected chi connectivity index (χ3v) is 4.06. The number of methoxy groups -OCH3 is 1. The molecule has 0 aliphatic rings. The molecule has 0 saturated heterocycles. The van der Waals surface area contributed by atoms with Gasteiger partial charge in [0.2, 0.25) is 0 Å². The minimum absolute atomic E-state index is 0.205. The van der Waals surface area contributed by atoms with Gasteiger partial charge in [0, 0.05) is 16.7 Å². The highest BCUT2D eigenvalue weighted by molar-refractivity contribution is 6.10. The minimum Gasteiger partial charge on any atom is -0.496 e. The van der Waals surface area contributed by atoms with Gasteiger partial charge in [0.05, 0.1) is 19.3 Å². The molecule has 2 rings (SSSR count). The van der Waals surface area contributed by atoms with Gasteiger partial charge in [0.1, 0.15) is 5.75 Å². The van der Waals surface area contributed by atoms with Crippen LogP contribution >= 0.6 is 0 Å². The maximum Gasteiger partial charge on any atom is 0.275 e. The highest BCUT2D eigenvalue weighted by Crippen LogP contribution is 2.24. The molecule has 28 heavy (non-hydrogen) atoms. The number of hydrogen-bond acceptors (Lipinski definition) is 5. The van der Waals surface area contributed by atoms with Gasteiger partial charge in [-0.1, -0.05) is 23.3 Å². The number of carbonyl (C=O) groups is 2. The molecule has 6 nitrogen and oxygen atoms in total. The van der Waals surface area contributed by atoms with E-state index in [-0.39, 0.29) is 12.2 Å². The second kappa shape index (κ2) is 8.54. The number of hydrogen-bond donors (Lipinski definition) is 2. The summed E-state index contributed by atoms with van der Waals surface area (Å²) in [6.07, 6.45) is 0. The molecule has 0 heterocycles. The number of rotatable bonds is 5. The standard InChI is InChI=1S/C22H28N2O4/c1-14-10-15(2)12-16(11-14)20(26)24(23-22(3,4)5)21(27)17-8-7-9-19(28-6)18(17)13-25/h7-12,23,25H,13H2,1-6H3. The van der Waals surface area contributed by atoms with Crippen LogP contribution in [0.1, 0.15) is 58.2 Å². The summed E-state index contributed by atoms with van der Waals surface area (Å²) in [5.74, 6) is -0.622. The zero-order chi connectivity index (χ0) is 21.1. The number of ether oxygens (including phenoxy) is 1. The molecule has 150 valence electrons. The van der Waals surface area contributed by atoms with Crippen LogP contribution in [0.5, 0.6) is 5.75 Å². The van der Waals surface area contributed by atoms with Crippen LogP contribution < -0.4 is 10.2 Å². The highest BCUT2D eigenvalue weighted by Gasteiger charge is 2.30. The van der Waals surface area contributed by atoms with Crippen molar-refractivity contribution in [1.29, 1.82) is 0 Å². The molecule has 0 saturated carbocycles. The zero-order valence-corrected chi connectivity index (χ0v) is 17.3. The van der Waals surface area contributed by atoms with Gasteiger partial charge in [-0.2, -0.15) is 0 Å². The number of benzene rings is 2. The summed E-state index contributed by atoms with van der Waals surface area (Å²) in [6.45, 7) is 9.01. The summed E-state index contributed by atoms with van der Waals surface area (Å²) in [5.41, 5.74) is 5.28. The van der Waals surface area contributed by atoms with E-state index in [4.69, 9.17) is 4.74 Å². The Morgan fingerprint density at radius 3 is 2.18 bits per heavy atom. The Hall–Kier alpha value is -2.70. The van der Waals surface area contributed by atoms with Gasteiger partial charge in [0.25, 0.3) is 11.8 Å². The molecule has 0 spiro atoms. The van der Waals surface area contributed by atoms with Crippen molar-refractivity contribution in [1.82, 2.24) is 10.4 Å². The lowest BCUT2D eigenvalue weighted by atomic mass is 10.0. The van der Waals surface area contributed by atoms with Gasteiger partial charge in [-0.15, -0.1) is 0 Å². The number of hydrazine groups is 1. The highest BCUT2D eigenvalue weighted by atomic mass is 16.5. The maximum absolute atomic E-state index is 13.3. The van der Waals surface area contributed by atoms with Crippen LogP contribution in [0, 0.1) is 13.8 Å². The van der Waals surface area contributed by atoms with E-state index >= 15 is 0 Å². The monoisotopic (exact) mass is 384 g/mol. The molecule has 0 radical (unpaired) electrons. The molecule has 0 bridgehead atoms. The summed E-state index contributed by atoms with van der Waals surface area (Å²) in [7, 11) is 1.47. The van der Waals surface area contributed by atoms with Gasteiger partial charge in [-0.25, -0.2) is 10.4 Å². The van der Waals surface area contributed by atoms with Gasteiger partial charge in [-0.05, 0) is 58.9 Å². The number of aliphatic hydroxyl groups excluding tert-OH is 1. The fourth-order valence-corrected chi connectivity index (χ4v) is 3.00. The molecule has 0 aliphatic carbocycles. The van der Waals surface area contributed by atoms with E-state index in [0.717, 1.165) is 16.1 Å². The molecule has 6 heteroatoms. The smallest absolute Gasteiger partial charge is 0.275 e. The summed E-state index contributed by atoms with van der Waals surface area (Å²) >= 11 is 0. The van der Waals surface area contributed by atoms with Crippen molar-refractivity contribution in [2.75, 3.05) is 7.11 Å². The molecule has 2 amide bonds. The second-order valence-electron chi connectivity index (χ2n) is 7.83. The Kier molecular flexibility index (Phi) is 6.59. The van der Waals surface area contributed by atoms with Crippen LogP contribution in [-0.4, -0.2) is 34.6 Å². The quantitative estimate of drug-likeness (QED) is 0.610. The fraction of sp³-hybridized carbons (Fsp3) is 0.364. The molecule has 0 atom stereocenters. The van der Waals surface area contributed by atoms with Crippen molar-refractivity contribution in [2.24, 2.45) is 0 Å². The number of nitrogens with zero attached hydrogens (tertiary/aromatic N) is 1. The average molecular weight is 384 g/mol. The van der Waals surface area contributed by atoms with E-state index in [2.05, 4.69) is 5.43 Å². The van der Waals surface area contributed by atoms with Crippen LogP contribution in [-0.2, 0) is 6.61 Å². The molecule has 2 aromatic carbocycles. The second-order valence-corrected chi connectivity index (χ2v) is 7.83. The molecular formula is C22H28N2O4. The van der Waals surface area contributed by atoms with Crippen molar-refractivity contribution in [3.05, 3.63) is 64.2 Å². The van der Waals surface area contributed by atoms with Crippen LogP contribution in [0.25, 0.3) is 0 Å². The molecule has 2 aromatic rings. The van der Waals surface area contributed by atoms with Crippen LogP contribution in [0.15, 0.2) is 36.4 Å². The van der Waals surface area contributed by atoms with E-state index in [1.807, 2.05) is 40.7 Å². The summed E-state index contributed by atoms with van der Waals surface area (Å²) in [6, 6.07) is 10.4. The van der Waals surface area contributed by atoms with Crippen LogP contribution in [0.3, 0.4) is 0 Å². The normalized spacial score (nSPS) is 11.2. The van der Waals surface area contributed by atoms with Gasteiger partial charge in [-0.3, -0.25) is 9.59 Å². The van der Waals surface area contributed by atoms with Crippen molar-refractivity contribution >= 4 is 11.8 Å². The van der Waals surface area contributed by atoms with Crippen LogP contribution in [0.4, 0.5) is 0 Å². The Labute approximate surface area is 166 Å². The van der Waals surface area contributed by atoms with Crippen LogP contribution in [0.2, 0.25) is 0 Å². The van der Waals surface area contributed by atoms with Gasteiger partial charge in [0.15, 0.2) is 0 Å². The van der Waals surface area contributed by atoms with E-state index in [1.54, 1.807) is 30.3 Å². The number of aliphatic hydroxyl groups is 1. The maximum atomic E-state index is 13.3. The number of aryl methyl sites for hydroxylation is 2. The number of nitrogens with one attached hydrogen (secondary N) is 1. The van der Waals surface area contributed by atoms with Crippen molar-refractivity contribution in [3.63, 3.8) is 0 Å². The third kappa shape index (κ3) is 4.97. The Morgan fingerprint density at radius 1 is 1.07 bits per heavy atom. The Morgan fingerprint density at radius 2 is 1.68 bits per heavy atom. The summed E-state index contributed by atoms with van der Waals surface area (Å²) in [5, 5.41) is 10.8. The summed E-state index contributed by atoms with van der Waals surface area (Å²) < 4.78 is 5.25. The first-order chi connectivity index (χ1) is 13.1. The average Bonchev–Trinajstić information content (AvgIpc) is 2.62. The topological polar surface area (TPSA) is 78.9 Å². The van der Waals surface area contributed by atoms with E-state index in [0.29, 0.717) is 16.9 Å². The Bertz CT molecular complexity index is 864. The lowest BCUT2D eigenvalue weighted by Gasteiger charge is -2.31. The lowest BCUT2D eigenvalue weighted by Crippen LogP contribution is -2.55. The van der Waals surface area contributed by atoms with Crippen molar-refractivity contribution < 1.29 is 19.4 Å². The number of amides is 2. The fourth-order valence-electron chi connectivity index (χ4n) is 3.00. The predicted molar refractivity (Wildman–Crippen MR) is 108 cm³/mol. The minimum atomic E-state index is -0.554. The first kappa shape index (κ1) is 21.6. The van der Waals surface area contributed by atoms with E-state index < -0.39 is 17.4 Å². The molecule has 2 N–H and O–H groups in total. The number of carbonyl (C=O) groups excluding carboxylic acids is 2. The van der Waals surface area contributed by atoms with Crippen molar-refractivity contribution in [2.45, 2.75) is 46.8 Å². The molecule has 0 fully saturated rings. The van der Waals surface area contributed by atoms with Gasteiger partial charge < -0.3 is 9.84 Å². The van der Waals surface area contributed by atoms with Gasteiger partial charge >= 0.3 is 0 Å². The SMILES string of the molecule is COc1cccc(C(=O)N(NC(C)(C)C)C(=O)c2cc(C)cc(C)c2)c1CO. The lowest BCUT2D eigenvalue weighted by molar-refractivity contribution is 0.0449. The van der Waals surface area contributed by atoms with E-state index in [9.17, 15) is 14.7 Å². The molecular weight excluding hydrogens is 356 g/mol. The molecule has 0 unspecified atom stereocenters. The van der Waals surface area contributed by atoms with E-state index in [1.165, 1.54) is 7.11 Å². The first-order valence-electron chi connectivity index (χ1n) is 9.09. The first-order valence-corrected chi connectivity index (χ1v) is 9.09. The predicted octanol–water partition coefficient (Wildman–Crippen LogP) is 3.39. The Balaban J connectivity index is 2.55. The third-order valence-electron chi connectivity index (χ3n) is 4.06. The number of imide groups is 1. The molecule has 0 aromatic heterocycles. The molecule has 0 aliphatic heterocycles.